The number of halogens is 1. The molecule has 0 amide bonds. The van der Waals surface area contributed by atoms with Gasteiger partial charge in [-0.25, -0.2) is 9.97 Å². The molecular formula is C14H16ClN5O. The van der Waals surface area contributed by atoms with Gasteiger partial charge >= 0.3 is 0 Å². The van der Waals surface area contributed by atoms with E-state index in [9.17, 15) is 0 Å². The summed E-state index contributed by atoms with van der Waals surface area (Å²) in [6.07, 6.45) is 6.76. The smallest absolute Gasteiger partial charge is 0.225 e. The molecule has 110 valence electrons. The molecule has 21 heavy (non-hydrogen) atoms. The maximum atomic E-state index is 5.86. The molecule has 7 heteroatoms. The van der Waals surface area contributed by atoms with Gasteiger partial charge in [-0.2, -0.15) is 0 Å². The van der Waals surface area contributed by atoms with Crippen LogP contribution in [0.15, 0.2) is 16.8 Å². The number of aromatic nitrogens is 4. The van der Waals surface area contributed by atoms with E-state index in [4.69, 9.17) is 16.0 Å². The first-order valence-corrected chi connectivity index (χ1v) is 7.58. The first kappa shape index (κ1) is 13.0. The fourth-order valence-corrected chi connectivity index (χ4v) is 3.86. The monoisotopic (exact) mass is 305 g/mol. The number of nitrogens with zero attached hydrogens (tertiary/aromatic N) is 5. The van der Waals surface area contributed by atoms with Crippen molar-refractivity contribution in [3.63, 3.8) is 0 Å². The second-order valence-electron chi connectivity index (χ2n) is 5.95. The molecule has 0 aromatic carbocycles. The predicted molar refractivity (Wildman–Crippen MR) is 77.3 cm³/mol. The molecule has 4 rings (SSSR count). The van der Waals surface area contributed by atoms with Crippen LogP contribution >= 0.6 is 11.6 Å². The summed E-state index contributed by atoms with van der Waals surface area (Å²) in [7, 11) is 0. The van der Waals surface area contributed by atoms with Crippen molar-refractivity contribution in [3.8, 4) is 0 Å². The standard InChI is InChI=1S/C14H16ClN5O/c1-9-18-19-12(21-9)14-4-2-3-10(14)7-20(8-14)13-16-5-11(15)6-17-13/h5-6,10H,2-4,7-8H2,1H3/t10-,14-/m0/s1. The van der Waals surface area contributed by atoms with Gasteiger partial charge in [-0.15, -0.1) is 10.2 Å². The number of hydrogen-bond acceptors (Lipinski definition) is 6. The van der Waals surface area contributed by atoms with Gasteiger partial charge in [0, 0.05) is 20.0 Å². The summed E-state index contributed by atoms with van der Waals surface area (Å²) < 4.78 is 5.76. The third kappa shape index (κ3) is 2.00. The molecule has 1 saturated carbocycles. The average molecular weight is 306 g/mol. The van der Waals surface area contributed by atoms with E-state index in [1.54, 1.807) is 12.4 Å². The number of anilines is 1. The highest BCUT2D eigenvalue weighted by Gasteiger charge is 2.54. The Labute approximate surface area is 127 Å². The van der Waals surface area contributed by atoms with Crippen LogP contribution in [-0.2, 0) is 5.41 Å². The molecule has 1 aliphatic heterocycles. The molecule has 0 unspecified atom stereocenters. The van der Waals surface area contributed by atoms with Crippen molar-refractivity contribution in [2.45, 2.75) is 31.6 Å². The fourth-order valence-electron chi connectivity index (χ4n) is 3.76. The molecule has 2 aromatic heterocycles. The van der Waals surface area contributed by atoms with Crippen molar-refractivity contribution < 1.29 is 4.42 Å². The average Bonchev–Trinajstić information content (AvgIpc) is 3.12. The Balaban J connectivity index is 1.67. The van der Waals surface area contributed by atoms with Crippen LogP contribution in [0.4, 0.5) is 5.95 Å². The van der Waals surface area contributed by atoms with Gasteiger partial charge in [0.1, 0.15) is 0 Å². The molecule has 2 fully saturated rings. The Morgan fingerprint density at radius 1 is 1.33 bits per heavy atom. The van der Waals surface area contributed by atoms with Crippen molar-refractivity contribution in [2.75, 3.05) is 18.0 Å². The molecule has 1 saturated heterocycles. The van der Waals surface area contributed by atoms with Crippen LogP contribution in [0.25, 0.3) is 0 Å². The SMILES string of the molecule is Cc1nnc([C@]23CCC[C@H]2CN(c2ncc(Cl)cn2)C3)o1. The van der Waals surface area contributed by atoms with Crippen molar-refractivity contribution in [2.24, 2.45) is 5.92 Å². The van der Waals surface area contributed by atoms with E-state index in [-0.39, 0.29) is 5.41 Å². The Bertz CT molecular complexity index is 658. The number of fused-ring (bicyclic) bond motifs is 1. The van der Waals surface area contributed by atoms with E-state index in [1.807, 2.05) is 6.92 Å². The van der Waals surface area contributed by atoms with Gasteiger partial charge in [-0.3, -0.25) is 0 Å². The highest BCUT2D eigenvalue weighted by molar-refractivity contribution is 6.30. The minimum atomic E-state index is -0.0374. The lowest BCUT2D eigenvalue weighted by molar-refractivity contribution is 0.299. The quantitative estimate of drug-likeness (QED) is 0.848. The third-order valence-electron chi connectivity index (χ3n) is 4.71. The molecule has 1 aliphatic carbocycles. The lowest BCUT2D eigenvalue weighted by Crippen LogP contribution is -2.32. The van der Waals surface area contributed by atoms with Gasteiger partial charge in [0.25, 0.3) is 0 Å². The Hall–Kier alpha value is -1.69. The van der Waals surface area contributed by atoms with Gasteiger partial charge in [-0.1, -0.05) is 18.0 Å². The Morgan fingerprint density at radius 3 is 2.86 bits per heavy atom. The van der Waals surface area contributed by atoms with Crippen molar-refractivity contribution in [1.29, 1.82) is 0 Å². The molecular weight excluding hydrogens is 290 g/mol. The second-order valence-corrected chi connectivity index (χ2v) is 6.39. The van der Waals surface area contributed by atoms with Gasteiger partial charge in [0.05, 0.1) is 22.8 Å². The van der Waals surface area contributed by atoms with Crippen LogP contribution in [-0.4, -0.2) is 33.3 Å². The number of rotatable bonds is 2. The number of hydrogen-bond donors (Lipinski definition) is 0. The summed E-state index contributed by atoms with van der Waals surface area (Å²) >= 11 is 5.86. The summed E-state index contributed by atoms with van der Waals surface area (Å²) in [5.41, 5.74) is -0.0374. The van der Waals surface area contributed by atoms with Crippen LogP contribution < -0.4 is 4.90 Å². The molecule has 0 N–H and O–H groups in total. The zero-order valence-corrected chi connectivity index (χ0v) is 12.5. The molecule has 2 aliphatic rings. The zero-order chi connectivity index (χ0) is 14.4. The maximum absolute atomic E-state index is 5.86. The molecule has 6 nitrogen and oxygen atoms in total. The van der Waals surface area contributed by atoms with Crippen LogP contribution in [0, 0.1) is 12.8 Å². The molecule has 0 bridgehead atoms. The molecule has 2 aromatic rings. The van der Waals surface area contributed by atoms with Crippen LogP contribution in [0.5, 0.6) is 0 Å². The van der Waals surface area contributed by atoms with Gasteiger partial charge in [0.15, 0.2) is 0 Å². The van der Waals surface area contributed by atoms with Gasteiger partial charge in [0.2, 0.25) is 17.7 Å². The Morgan fingerprint density at radius 2 is 2.14 bits per heavy atom. The van der Waals surface area contributed by atoms with Crippen molar-refractivity contribution in [1.82, 2.24) is 20.2 Å². The molecule has 2 atom stereocenters. The third-order valence-corrected chi connectivity index (χ3v) is 4.91. The van der Waals surface area contributed by atoms with E-state index in [1.165, 1.54) is 12.8 Å². The van der Waals surface area contributed by atoms with E-state index >= 15 is 0 Å². The Kier molecular flexibility index (Phi) is 2.89. The highest BCUT2D eigenvalue weighted by atomic mass is 35.5. The largest absolute Gasteiger partial charge is 0.425 e. The predicted octanol–water partition coefficient (Wildman–Crippen LogP) is 2.38. The molecule has 3 heterocycles. The second kappa shape index (κ2) is 4.66. The van der Waals surface area contributed by atoms with E-state index in [0.29, 0.717) is 16.8 Å². The summed E-state index contributed by atoms with van der Waals surface area (Å²) in [5.74, 6) is 2.66. The first-order valence-electron chi connectivity index (χ1n) is 7.20. The minimum absolute atomic E-state index is 0.0374. The highest BCUT2D eigenvalue weighted by Crippen LogP contribution is 2.50. The lowest BCUT2D eigenvalue weighted by Gasteiger charge is -2.24. The van der Waals surface area contributed by atoms with Crippen molar-refractivity contribution >= 4 is 17.5 Å². The lowest BCUT2D eigenvalue weighted by atomic mass is 9.80. The van der Waals surface area contributed by atoms with E-state index < -0.39 is 0 Å². The summed E-state index contributed by atoms with van der Waals surface area (Å²) in [6.45, 7) is 3.61. The van der Waals surface area contributed by atoms with Crippen LogP contribution in [0.3, 0.4) is 0 Å². The summed E-state index contributed by atoms with van der Waals surface area (Å²) in [4.78, 5) is 10.9. The van der Waals surface area contributed by atoms with Crippen molar-refractivity contribution in [3.05, 3.63) is 29.2 Å². The number of aryl methyl sites for hydroxylation is 1. The van der Waals surface area contributed by atoms with Crippen LogP contribution in [0.2, 0.25) is 5.02 Å². The zero-order valence-electron chi connectivity index (χ0n) is 11.8. The summed E-state index contributed by atoms with van der Waals surface area (Å²) in [6, 6.07) is 0. The fraction of sp³-hybridized carbons (Fsp3) is 0.571. The normalized spacial score (nSPS) is 28.1. The van der Waals surface area contributed by atoms with E-state index in [0.717, 1.165) is 31.3 Å². The molecule has 0 spiro atoms. The first-order chi connectivity index (χ1) is 10.2. The maximum Gasteiger partial charge on any atom is 0.225 e. The van der Waals surface area contributed by atoms with Crippen LogP contribution in [0.1, 0.15) is 31.0 Å². The molecule has 0 radical (unpaired) electrons. The minimum Gasteiger partial charge on any atom is -0.425 e. The van der Waals surface area contributed by atoms with Gasteiger partial charge in [-0.05, 0) is 18.8 Å². The summed E-state index contributed by atoms with van der Waals surface area (Å²) in [5, 5.41) is 8.87. The van der Waals surface area contributed by atoms with Gasteiger partial charge < -0.3 is 9.32 Å². The topological polar surface area (TPSA) is 67.9 Å². The van der Waals surface area contributed by atoms with E-state index in [2.05, 4.69) is 25.1 Å².